The highest BCUT2D eigenvalue weighted by molar-refractivity contribution is 6.38. The maximum Gasteiger partial charge on any atom is 0.407 e. The minimum absolute atomic E-state index is 0.0185. The topological polar surface area (TPSA) is 175 Å². The molecule has 1 saturated heterocycles. The van der Waals surface area contributed by atoms with Gasteiger partial charge in [-0.2, -0.15) is 0 Å². The summed E-state index contributed by atoms with van der Waals surface area (Å²) in [6.07, 6.45) is 11.7. The molecule has 13 nitrogen and oxygen atoms in total. The Hall–Kier alpha value is -3.38. The molecule has 0 radical (unpaired) electrons. The maximum absolute atomic E-state index is 14.9. The summed E-state index contributed by atoms with van der Waals surface area (Å²) < 4.78 is 5.51. The van der Waals surface area contributed by atoms with Gasteiger partial charge in [0.05, 0.1) is 12.1 Å². The highest BCUT2D eigenvalue weighted by Crippen LogP contribution is 2.41. The fraction of sp³-hybridized carbons (Fsp3) is 0.850. The average Bonchev–Trinajstić information content (AvgIpc) is 3.98. The number of carbonyl (C=O) groups is 6. The molecule has 4 aliphatic carbocycles. The Kier molecular flexibility index (Phi) is 13.4. The van der Waals surface area contributed by atoms with Crippen molar-refractivity contribution in [1.29, 1.82) is 0 Å². The van der Waals surface area contributed by atoms with Crippen molar-refractivity contribution in [1.82, 2.24) is 31.5 Å². The van der Waals surface area contributed by atoms with Crippen LogP contribution < -0.4 is 26.6 Å². The van der Waals surface area contributed by atoms with Crippen LogP contribution in [0, 0.1) is 34.5 Å². The molecule has 0 aromatic heterocycles. The van der Waals surface area contributed by atoms with Crippen molar-refractivity contribution in [3.63, 3.8) is 0 Å². The summed E-state index contributed by atoms with van der Waals surface area (Å²) in [5.74, 6) is -1.12. The summed E-state index contributed by atoms with van der Waals surface area (Å²) in [5, 5.41) is 14.6. The molecule has 0 aromatic rings. The van der Waals surface area contributed by atoms with Gasteiger partial charge in [0.2, 0.25) is 17.6 Å². The van der Waals surface area contributed by atoms with Crippen molar-refractivity contribution in [3.8, 4) is 0 Å². The van der Waals surface area contributed by atoms with Crippen molar-refractivity contribution >= 4 is 35.6 Å². The molecule has 0 spiro atoms. The SMILES string of the molecule is CC(C)[C@H]1CCN(C(=O)C(NC(=O)NC(COC(=O)NCC2CC2)C(C)(C)C)C2(C)CCCCC2)C1C(=O)NC(CCC1CC1)C(=O)C(=O)NC1CC1. The van der Waals surface area contributed by atoms with Crippen molar-refractivity contribution < 1.29 is 33.5 Å². The third-order valence-corrected chi connectivity index (χ3v) is 12.4. The van der Waals surface area contributed by atoms with Gasteiger partial charge < -0.3 is 36.2 Å². The molecule has 1 heterocycles. The highest BCUT2D eigenvalue weighted by Gasteiger charge is 2.50. The number of hydrogen-bond acceptors (Lipinski definition) is 7. The summed E-state index contributed by atoms with van der Waals surface area (Å²) in [6, 6.07) is -3.79. The molecule has 5 atom stereocenters. The first-order valence-corrected chi connectivity index (χ1v) is 20.5. The predicted octanol–water partition coefficient (Wildman–Crippen LogP) is 4.57. The monoisotopic (exact) mass is 742 g/mol. The van der Waals surface area contributed by atoms with Gasteiger partial charge in [0.15, 0.2) is 0 Å². The van der Waals surface area contributed by atoms with Gasteiger partial charge in [0, 0.05) is 19.1 Å². The Morgan fingerprint density at radius 2 is 1.51 bits per heavy atom. The molecule has 5 aliphatic rings. The van der Waals surface area contributed by atoms with Crippen LogP contribution in [0.4, 0.5) is 9.59 Å². The van der Waals surface area contributed by atoms with Crippen LogP contribution in [0.5, 0.6) is 0 Å². The highest BCUT2D eigenvalue weighted by atomic mass is 16.5. The number of amides is 6. The van der Waals surface area contributed by atoms with Crippen molar-refractivity contribution in [2.75, 3.05) is 19.7 Å². The molecule has 298 valence electrons. The number of ketones is 1. The van der Waals surface area contributed by atoms with E-state index in [1.54, 1.807) is 4.90 Å². The second-order valence-corrected chi connectivity index (χ2v) is 18.5. The number of Topliss-reactive ketones (excluding diaryl/α,β-unsaturated/α-hetero) is 1. The van der Waals surface area contributed by atoms with Crippen LogP contribution in [-0.2, 0) is 23.9 Å². The van der Waals surface area contributed by atoms with Gasteiger partial charge in [-0.3, -0.25) is 19.2 Å². The Labute approximate surface area is 316 Å². The number of ether oxygens (including phenoxy) is 1. The summed E-state index contributed by atoms with van der Waals surface area (Å²) >= 11 is 0. The van der Waals surface area contributed by atoms with E-state index in [-0.39, 0.29) is 30.4 Å². The lowest BCUT2D eigenvalue weighted by Crippen LogP contribution is -2.63. The van der Waals surface area contributed by atoms with Gasteiger partial charge in [0.25, 0.3) is 5.91 Å². The quantitative estimate of drug-likeness (QED) is 0.136. The van der Waals surface area contributed by atoms with Crippen LogP contribution in [0.25, 0.3) is 0 Å². The van der Waals surface area contributed by atoms with Crippen molar-refractivity contribution in [3.05, 3.63) is 0 Å². The molecule has 5 rings (SSSR count). The zero-order valence-corrected chi connectivity index (χ0v) is 33.0. The third kappa shape index (κ3) is 11.6. The Bertz CT molecular complexity index is 1340. The second-order valence-electron chi connectivity index (χ2n) is 18.5. The number of hydrogen-bond donors (Lipinski definition) is 5. The first kappa shape index (κ1) is 40.8. The molecule has 0 aromatic carbocycles. The van der Waals surface area contributed by atoms with E-state index in [2.05, 4.69) is 26.6 Å². The lowest BCUT2D eigenvalue weighted by Gasteiger charge is -2.43. The smallest absolute Gasteiger partial charge is 0.407 e. The average molecular weight is 743 g/mol. The van der Waals surface area contributed by atoms with Gasteiger partial charge >= 0.3 is 12.1 Å². The Morgan fingerprint density at radius 1 is 0.849 bits per heavy atom. The van der Waals surface area contributed by atoms with Crippen LogP contribution in [-0.4, -0.2) is 90.4 Å². The van der Waals surface area contributed by atoms with Gasteiger partial charge in [-0.15, -0.1) is 0 Å². The van der Waals surface area contributed by atoms with E-state index < -0.39 is 64.7 Å². The molecule has 5 N–H and O–H groups in total. The van der Waals surface area contributed by atoms with Crippen molar-refractivity contribution in [2.24, 2.45) is 34.5 Å². The fourth-order valence-corrected chi connectivity index (χ4v) is 8.02. The number of rotatable bonds is 17. The fourth-order valence-electron chi connectivity index (χ4n) is 8.02. The minimum atomic E-state index is -0.963. The first-order valence-electron chi connectivity index (χ1n) is 20.5. The van der Waals surface area contributed by atoms with E-state index in [1.807, 2.05) is 41.5 Å². The van der Waals surface area contributed by atoms with Crippen LogP contribution in [0.15, 0.2) is 0 Å². The van der Waals surface area contributed by atoms with Crippen LogP contribution in [0.1, 0.15) is 131 Å². The molecular formula is C40H66N6O7. The summed E-state index contributed by atoms with van der Waals surface area (Å²) in [4.78, 5) is 83.4. The van der Waals surface area contributed by atoms with Gasteiger partial charge in [-0.25, -0.2) is 9.59 Å². The molecule has 4 unspecified atom stereocenters. The van der Waals surface area contributed by atoms with E-state index >= 15 is 0 Å². The van der Waals surface area contributed by atoms with Gasteiger partial charge in [0.1, 0.15) is 18.7 Å². The molecule has 0 bridgehead atoms. The van der Waals surface area contributed by atoms with E-state index in [1.165, 1.54) is 0 Å². The molecular weight excluding hydrogens is 676 g/mol. The lowest BCUT2D eigenvalue weighted by molar-refractivity contribution is -0.145. The second kappa shape index (κ2) is 17.4. The molecule has 53 heavy (non-hydrogen) atoms. The third-order valence-electron chi connectivity index (χ3n) is 12.4. The van der Waals surface area contributed by atoms with E-state index in [4.69, 9.17) is 4.74 Å². The molecule has 6 amide bonds. The number of alkyl carbamates (subject to hydrolysis) is 1. The molecule has 5 fully saturated rings. The van der Waals surface area contributed by atoms with E-state index in [0.717, 1.165) is 77.0 Å². The number of urea groups is 1. The zero-order valence-electron chi connectivity index (χ0n) is 33.0. The van der Waals surface area contributed by atoms with Gasteiger partial charge in [-0.1, -0.05) is 73.6 Å². The summed E-state index contributed by atoms with van der Waals surface area (Å²) in [6.45, 7) is 12.8. The number of nitrogens with one attached hydrogen (secondary N) is 5. The maximum atomic E-state index is 14.9. The van der Waals surface area contributed by atoms with Gasteiger partial charge in [-0.05, 0) is 92.3 Å². The number of nitrogens with zero attached hydrogens (tertiary/aromatic N) is 1. The predicted molar refractivity (Wildman–Crippen MR) is 200 cm³/mol. The molecule has 4 saturated carbocycles. The largest absolute Gasteiger partial charge is 0.447 e. The lowest BCUT2D eigenvalue weighted by atomic mass is 9.70. The number of carbonyl (C=O) groups excluding carboxylic acids is 6. The Balaban J connectivity index is 1.32. The van der Waals surface area contributed by atoms with Crippen LogP contribution in [0.2, 0.25) is 0 Å². The normalized spacial score (nSPS) is 24.4. The Morgan fingerprint density at radius 3 is 2.09 bits per heavy atom. The van der Waals surface area contributed by atoms with E-state index in [0.29, 0.717) is 37.8 Å². The molecule has 1 aliphatic heterocycles. The first-order chi connectivity index (χ1) is 25.1. The molecule has 13 heteroatoms. The zero-order chi connectivity index (χ0) is 38.5. The van der Waals surface area contributed by atoms with Crippen molar-refractivity contribution in [2.45, 2.75) is 162 Å². The van der Waals surface area contributed by atoms with Crippen LogP contribution >= 0.6 is 0 Å². The van der Waals surface area contributed by atoms with E-state index in [9.17, 15) is 28.8 Å². The standard InChI is InChI=1S/C40H66N6O7/c1-24(2)28-18-21-46(31(28)34(48)43-29(17-14-25-10-11-25)32(47)35(49)42-27-15-16-27)36(50)33(40(6)19-8-7-9-20-40)45-37(51)44-30(39(3,4)5)23-53-38(52)41-22-26-12-13-26/h24-31,33H,7-23H2,1-6H3,(H,41,52)(H,42,49)(H,43,48)(H2,44,45,51)/t28-,29?,30?,31?,33?/m1/s1. The summed E-state index contributed by atoms with van der Waals surface area (Å²) in [5.41, 5.74) is -1.02. The number of likely N-dealkylation sites (tertiary alicyclic amines) is 1. The van der Waals surface area contributed by atoms with Crippen LogP contribution in [0.3, 0.4) is 0 Å². The minimum Gasteiger partial charge on any atom is -0.447 e. The summed E-state index contributed by atoms with van der Waals surface area (Å²) in [7, 11) is 0.